The van der Waals surface area contributed by atoms with Crippen molar-refractivity contribution in [2.45, 2.75) is 70.8 Å². The van der Waals surface area contributed by atoms with E-state index in [0.717, 1.165) is 40.8 Å². The Labute approximate surface area is 194 Å². The number of benzene rings is 2. The zero-order valence-electron chi connectivity index (χ0n) is 20.2. The molecule has 1 aliphatic carbocycles. The first-order chi connectivity index (χ1) is 15.4. The van der Waals surface area contributed by atoms with Crippen LogP contribution < -0.4 is 19.5 Å². The number of aromatic amines is 1. The number of nitrogens with one attached hydrogen (secondary N) is 2. The molecular weight excluding hydrogens is 416 g/mol. The van der Waals surface area contributed by atoms with Gasteiger partial charge in [-0.25, -0.2) is 0 Å². The Morgan fingerprint density at radius 2 is 1.73 bits per heavy atom. The molecule has 1 amide bonds. The van der Waals surface area contributed by atoms with Crippen molar-refractivity contribution >= 4 is 22.5 Å². The molecule has 0 saturated heterocycles. The van der Waals surface area contributed by atoms with Gasteiger partial charge in [-0.05, 0) is 63.4 Å². The van der Waals surface area contributed by atoms with Crippen LogP contribution in [-0.2, 0) is 15.6 Å². The van der Waals surface area contributed by atoms with E-state index in [1.54, 1.807) is 0 Å². The molecule has 0 atom stereocenters. The largest absolute Gasteiger partial charge is 0.486 e. The van der Waals surface area contributed by atoms with Crippen LogP contribution in [0.2, 0.25) is 0 Å². The van der Waals surface area contributed by atoms with Crippen molar-refractivity contribution in [2.75, 3.05) is 12.1 Å². The molecule has 0 unspecified atom stereocenters. The summed E-state index contributed by atoms with van der Waals surface area (Å²) in [6, 6.07) is 11.9. The number of amides is 1. The van der Waals surface area contributed by atoms with E-state index >= 15 is 0 Å². The van der Waals surface area contributed by atoms with Gasteiger partial charge >= 0.3 is 0 Å². The predicted molar refractivity (Wildman–Crippen MR) is 129 cm³/mol. The average Bonchev–Trinajstić information content (AvgIpc) is 3.20. The van der Waals surface area contributed by atoms with Gasteiger partial charge in [-0.1, -0.05) is 26.8 Å². The van der Waals surface area contributed by atoms with Crippen molar-refractivity contribution in [1.82, 2.24) is 4.98 Å². The van der Waals surface area contributed by atoms with Gasteiger partial charge in [0.05, 0.1) is 11.1 Å². The summed E-state index contributed by atoms with van der Waals surface area (Å²) in [7, 11) is 0. The molecule has 0 radical (unpaired) electrons. The van der Waals surface area contributed by atoms with Crippen LogP contribution in [0.1, 0.15) is 65.6 Å². The van der Waals surface area contributed by atoms with Crippen LogP contribution in [0.3, 0.4) is 0 Å². The second kappa shape index (κ2) is 7.17. The Balaban J connectivity index is 1.50. The van der Waals surface area contributed by atoms with Crippen LogP contribution in [0.4, 0.5) is 5.69 Å². The molecule has 2 aliphatic rings. The number of hydrogen-bond donors (Lipinski definition) is 2. The number of rotatable bonds is 4. The van der Waals surface area contributed by atoms with Crippen LogP contribution >= 0.6 is 0 Å². The number of fused-ring (bicyclic) bond motifs is 2. The van der Waals surface area contributed by atoms with Gasteiger partial charge in [-0.3, -0.25) is 4.79 Å². The van der Waals surface area contributed by atoms with Gasteiger partial charge in [-0.2, -0.15) is 0 Å². The molecule has 0 spiro atoms. The molecular formula is C27H32N2O4. The Morgan fingerprint density at radius 1 is 1.00 bits per heavy atom. The predicted octanol–water partition coefficient (Wildman–Crippen LogP) is 6.04. The lowest BCUT2D eigenvalue weighted by atomic mass is 9.92. The second-order valence-electron chi connectivity index (χ2n) is 11.2. The zero-order valence-corrected chi connectivity index (χ0v) is 20.2. The molecule has 2 N–H and O–H groups in total. The first kappa shape index (κ1) is 21.7. The van der Waals surface area contributed by atoms with E-state index in [0.29, 0.717) is 17.2 Å². The highest BCUT2D eigenvalue weighted by atomic mass is 16.7. The summed E-state index contributed by atoms with van der Waals surface area (Å²) >= 11 is 0. The van der Waals surface area contributed by atoms with E-state index in [4.69, 9.17) is 14.2 Å². The van der Waals surface area contributed by atoms with Gasteiger partial charge in [0.15, 0.2) is 11.5 Å². The molecule has 174 valence electrons. The summed E-state index contributed by atoms with van der Waals surface area (Å²) < 4.78 is 17.2. The van der Waals surface area contributed by atoms with E-state index in [-0.39, 0.29) is 18.1 Å². The van der Waals surface area contributed by atoms with Crippen molar-refractivity contribution < 1.29 is 19.0 Å². The highest BCUT2D eigenvalue weighted by Gasteiger charge is 2.52. The quantitative estimate of drug-likeness (QED) is 0.510. The summed E-state index contributed by atoms with van der Waals surface area (Å²) in [5, 5.41) is 4.24. The third-order valence-corrected chi connectivity index (χ3v) is 6.30. The lowest BCUT2D eigenvalue weighted by Crippen LogP contribution is -2.29. The third kappa shape index (κ3) is 4.03. The van der Waals surface area contributed by atoms with Gasteiger partial charge in [0.1, 0.15) is 11.4 Å². The highest BCUT2D eigenvalue weighted by Crippen LogP contribution is 2.51. The fourth-order valence-electron chi connectivity index (χ4n) is 4.28. The SMILES string of the molecule is CC(C)(C)Oc1cc2[nH]c(C(C)(C)C)cc2cc1NC(=O)C1(c2ccc3c(c2)OCO3)CC1. The first-order valence-electron chi connectivity index (χ1n) is 11.5. The monoisotopic (exact) mass is 448 g/mol. The highest BCUT2D eigenvalue weighted by molar-refractivity contribution is 6.04. The molecule has 1 aromatic heterocycles. The standard InChI is InChI=1S/C27H32N2O4/c1-25(2,3)23-12-16-11-19(21(14-18(16)28-23)33-26(4,5)6)29-24(30)27(9-10-27)17-7-8-20-22(13-17)32-15-31-20/h7-8,11-14,28H,9-10,15H2,1-6H3,(H,29,30). The minimum absolute atomic E-state index is 0.00902. The van der Waals surface area contributed by atoms with Crippen molar-refractivity contribution in [1.29, 1.82) is 0 Å². The topological polar surface area (TPSA) is 72.6 Å². The van der Waals surface area contributed by atoms with Crippen molar-refractivity contribution in [3.63, 3.8) is 0 Å². The van der Waals surface area contributed by atoms with E-state index < -0.39 is 11.0 Å². The van der Waals surface area contributed by atoms with Gasteiger partial charge in [0, 0.05) is 28.1 Å². The molecule has 1 aliphatic heterocycles. The van der Waals surface area contributed by atoms with Gasteiger partial charge < -0.3 is 24.5 Å². The Morgan fingerprint density at radius 3 is 2.39 bits per heavy atom. The fourth-order valence-corrected chi connectivity index (χ4v) is 4.28. The fraction of sp³-hybridized carbons (Fsp3) is 0.444. The average molecular weight is 449 g/mol. The van der Waals surface area contributed by atoms with Crippen molar-refractivity contribution in [3.05, 3.63) is 47.7 Å². The van der Waals surface area contributed by atoms with Gasteiger partial charge in [0.2, 0.25) is 12.7 Å². The molecule has 1 saturated carbocycles. The van der Waals surface area contributed by atoms with E-state index in [2.05, 4.69) is 37.1 Å². The maximum Gasteiger partial charge on any atom is 0.235 e. The van der Waals surface area contributed by atoms with Crippen LogP contribution in [-0.4, -0.2) is 23.3 Å². The van der Waals surface area contributed by atoms with Crippen molar-refractivity contribution in [2.24, 2.45) is 0 Å². The zero-order chi connectivity index (χ0) is 23.6. The lowest BCUT2D eigenvalue weighted by molar-refractivity contribution is -0.118. The molecule has 6 nitrogen and oxygen atoms in total. The maximum atomic E-state index is 13.6. The minimum atomic E-state index is -0.552. The maximum absolute atomic E-state index is 13.6. The number of aromatic nitrogens is 1. The van der Waals surface area contributed by atoms with E-state index in [1.165, 1.54) is 0 Å². The van der Waals surface area contributed by atoms with Crippen LogP contribution in [0.5, 0.6) is 17.2 Å². The lowest BCUT2D eigenvalue weighted by Gasteiger charge is -2.24. The van der Waals surface area contributed by atoms with Crippen molar-refractivity contribution in [3.8, 4) is 17.2 Å². The molecule has 1 fully saturated rings. The Kier molecular flexibility index (Phi) is 4.71. The molecule has 5 rings (SSSR count). The van der Waals surface area contributed by atoms with E-state index in [1.807, 2.05) is 51.1 Å². The first-order valence-corrected chi connectivity index (χ1v) is 11.5. The number of hydrogen-bond acceptors (Lipinski definition) is 4. The van der Waals surface area contributed by atoms with E-state index in [9.17, 15) is 4.79 Å². The molecule has 6 heteroatoms. The molecule has 0 bridgehead atoms. The van der Waals surface area contributed by atoms with Crippen LogP contribution in [0.25, 0.3) is 10.9 Å². The molecule has 33 heavy (non-hydrogen) atoms. The van der Waals surface area contributed by atoms with Gasteiger partial charge in [0.25, 0.3) is 0 Å². The summed E-state index contributed by atoms with van der Waals surface area (Å²) in [4.78, 5) is 17.1. The van der Waals surface area contributed by atoms with Crippen LogP contribution in [0, 0.1) is 0 Å². The number of anilines is 1. The summed E-state index contributed by atoms with van der Waals surface area (Å²) in [6.07, 6.45) is 1.60. The van der Waals surface area contributed by atoms with Gasteiger partial charge in [-0.15, -0.1) is 0 Å². The second-order valence-corrected chi connectivity index (χ2v) is 11.2. The smallest absolute Gasteiger partial charge is 0.235 e. The third-order valence-electron chi connectivity index (χ3n) is 6.30. The summed E-state index contributed by atoms with van der Waals surface area (Å²) in [5.74, 6) is 2.06. The summed E-state index contributed by atoms with van der Waals surface area (Å²) in [6.45, 7) is 12.8. The molecule has 2 aromatic carbocycles. The number of ether oxygens (including phenoxy) is 3. The molecule has 2 heterocycles. The van der Waals surface area contributed by atoms with Crippen LogP contribution in [0.15, 0.2) is 36.4 Å². The normalized spacial score (nSPS) is 16.7. The Hall–Kier alpha value is -3.15. The number of carbonyl (C=O) groups excluding carboxylic acids is 1. The molecule has 3 aromatic rings. The number of carbonyl (C=O) groups is 1. The summed E-state index contributed by atoms with van der Waals surface area (Å²) in [5.41, 5.74) is 2.82. The minimum Gasteiger partial charge on any atom is -0.486 e. The number of H-pyrrole nitrogens is 1. The Bertz CT molecular complexity index is 1240.